The maximum absolute atomic E-state index is 13.1. The number of rotatable bonds is 6. The van der Waals surface area contributed by atoms with E-state index in [9.17, 15) is 12.8 Å². The summed E-state index contributed by atoms with van der Waals surface area (Å²) in [6, 6.07) is 13.0. The summed E-state index contributed by atoms with van der Waals surface area (Å²) in [7, 11) is -3.51. The molecule has 158 valence electrons. The fourth-order valence-electron chi connectivity index (χ4n) is 3.72. The minimum Gasteiger partial charge on any atom is -0.420 e. The summed E-state index contributed by atoms with van der Waals surface area (Å²) in [5.41, 5.74) is 1.80. The van der Waals surface area contributed by atoms with Crippen LogP contribution in [0.3, 0.4) is 0 Å². The monoisotopic (exact) mass is 429 g/mol. The normalized spacial score (nSPS) is 16.1. The Hall–Kier alpha value is -2.58. The van der Waals surface area contributed by atoms with Crippen LogP contribution >= 0.6 is 0 Å². The van der Waals surface area contributed by atoms with Crippen LogP contribution in [0.4, 0.5) is 4.39 Å². The van der Waals surface area contributed by atoms with Gasteiger partial charge in [-0.1, -0.05) is 25.5 Å². The molecular formula is C22H24FN3O3S. The van der Waals surface area contributed by atoms with Crippen molar-refractivity contribution in [3.8, 4) is 11.5 Å². The highest BCUT2D eigenvalue weighted by Gasteiger charge is 2.32. The summed E-state index contributed by atoms with van der Waals surface area (Å²) in [5.74, 6) is 0.514. The van der Waals surface area contributed by atoms with Crippen molar-refractivity contribution in [3.05, 3.63) is 65.8 Å². The second kappa shape index (κ2) is 8.65. The van der Waals surface area contributed by atoms with Crippen molar-refractivity contribution >= 4 is 10.0 Å². The van der Waals surface area contributed by atoms with Crippen molar-refractivity contribution in [2.24, 2.45) is 0 Å². The highest BCUT2D eigenvalue weighted by atomic mass is 32.2. The number of nitrogens with zero attached hydrogens (tertiary/aromatic N) is 3. The Kier molecular flexibility index (Phi) is 5.97. The molecule has 0 amide bonds. The lowest BCUT2D eigenvalue weighted by Gasteiger charge is -2.29. The fraction of sp³-hybridized carbons (Fsp3) is 0.364. The Balaban J connectivity index is 1.41. The van der Waals surface area contributed by atoms with Gasteiger partial charge in [-0.15, -0.1) is 10.2 Å². The van der Waals surface area contributed by atoms with Crippen molar-refractivity contribution in [1.82, 2.24) is 14.5 Å². The van der Waals surface area contributed by atoms with Gasteiger partial charge in [-0.25, -0.2) is 12.8 Å². The second-order valence-electron chi connectivity index (χ2n) is 7.52. The number of hydrogen-bond acceptors (Lipinski definition) is 5. The largest absolute Gasteiger partial charge is 0.420 e. The summed E-state index contributed by atoms with van der Waals surface area (Å²) in [4.78, 5) is 0.331. The molecule has 4 rings (SSSR count). The molecule has 2 heterocycles. The Bertz CT molecular complexity index is 1090. The molecular weight excluding hydrogens is 405 g/mol. The van der Waals surface area contributed by atoms with Crippen LogP contribution in [0.25, 0.3) is 11.5 Å². The van der Waals surface area contributed by atoms with Gasteiger partial charge >= 0.3 is 0 Å². The van der Waals surface area contributed by atoms with E-state index in [1.807, 2.05) is 12.1 Å². The molecule has 6 nitrogen and oxygen atoms in total. The third-order valence-electron chi connectivity index (χ3n) is 5.43. The highest BCUT2D eigenvalue weighted by molar-refractivity contribution is 7.89. The SMILES string of the molecule is CCCc1ccc(S(=O)(=O)N2CCC(c3nnc(-c4ccc(F)cc4)o3)CC2)cc1. The Morgan fingerprint density at radius 2 is 1.70 bits per heavy atom. The zero-order chi connectivity index (χ0) is 21.1. The predicted molar refractivity (Wildman–Crippen MR) is 111 cm³/mol. The summed E-state index contributed by atoms with van der Waals surface area (Å²) in [6.45, 7) is 2.90. The number of aromatic nitrogens is 2. The zero-order valence-corrected chi connectivity index (χ0v) is 17.6. The topological polar surface area (TPSA) is 76.3 Å². The average Bonchev–Trinajstić information content (AvgIpc) is 3.25. The maximum atomic E-state index is 13.1. The zero-order valence-electron chi connectivity index (χ0n) is 16.8. The van der Waals surface area contributed by atoms with Gasteiger partial charge in [0, 0.05) is 24.6 Å². The van der Waals surface area contributed by atoms with E-state index >= 15 is 0 Å². The quantitative estimate of drug-likeness (QED) is 0.581. The lowest BCUT2D eigenvalue weighted by molar-refractivity contribution is 0.291. The first-order chi connectivity index (χ1) is 14.5. The minimum atomic E-state index is -3.51. The van der Waals surface area contributed by atoms with Crippen LogP contribution in [-0.2, 0) is 16.4 Å². The van der Waals surface area contributed by atoms with E-state index in [-0.39, 0.29) is 11.7 Å². The van der Waals surface area contributed by atoms with E-state index in [2.05, 4.69) is 17.1 Å². The smallest absolute Gasteiger partial charge is 0.247 e. The van der Waals surface area contributed by atoms with Gasteiger partial charge < -0.3 is 4.42 Å². The number of halogens is 1. The third-order valence-corrected chi connectivity index (χ3v) is 7.35. The van der Waals surface area contributed by atoms with Crippen molar-refractivity contribution < 1.29 is 17.2 Å². The predicted octanol–water partition coefficient (Wildman–Crippen LogP) is 4.40. The second-order valence-corrected chi connectivity index (χ2v) is 9.46. The number of piperidine rings is 1. The van der Waals surface area contributed by atoms with Crippen LogP contribution in [0.1, 0.15) is 43.6 Å². The van der Waals surface area contributed by atoms with Gasteiger partial charge in [0.1, 0.15) is 5.82 Å². The van der Waals surface area contributed by atoms with E-state index in [0.717, 1.165) is 18.4 Å². The lowest BCUT2D eigenvalue weighted by Crippen LogP contribution is -2.37. The standard InChI is InChI=1S/C22H24FN3O3S/c1-2-3-16-4-10-20(11-5-16)30(27,28)26-14-12-18(13-15-26)22-25-24-21(29-22)17-6-8-19(23)9-7-17/h4-11,18H,2-3,12-15H2,1H3. The van der Waals surface area contributed by atoms with Crippen LogP contribution in [-0.4, -0.2) is 36.0 Å². The molecule has 0 radical (unpaired) electrons. The molecule has 1 aromatic heterocycles. The van der Waals surface area contributed by atoms with Crippen LogP contribution in [0, 0.1) is 5.82 Å². The highest BCUT2D eigenvalue weighted by Crippen LogP contribution is 2.31. The molecule has 30 heavy (non-hydrogen) atoms. The van der Waals surface area contributed by atoms with E-state index in [1.54, 1.807) is 24.3 Å². The van der Waals surface area contributed by atoms with Gasteiger partial charge in [-0.2, -0.15) is 4.31 Å². The van der Waals surface area contributed by atoms with Crippen LogP contribution in [0.15, 0.2) is 57.8 Å². The van der Waals surface area contributed by atoms with Crippen LogP contribution in [0.2, 0.25) is 0 Å². The summed E-state index contributed by atoms with van der Waals surface area (Å²) >= 11 is 0. The maximum Gasteiger partial charge on any atom is 0.247 e. The Morgan fingerprint density at radius 3 is 2.33 bits per heavy atom. The molecule has 1 fully saturated rings. The summed E-state index contributed by atoms with van der Waals surface area (Å²) in [5, 5.41) is 8.19. The third kappa shape index (κ3) is 4.29. The first-order valence-corrected chi connectivity index (χ1v) is 11.6. The van der Waals surface area contributed by atoms with Crippen LogP contribution in [0.5, 0.6) is 0 Å². The van der Waals surface area contributed by atoms with Gasteiger partial charge in [0.25, 0.3) is 0 Å². The molecule has 8 heteroatoms. The van der Waals surface area contributed by atoms with Gasteiger partial charge in [-0.3, -0.25) is 0 Å². The number of benzene rings is 2. The van der Waals surface area contributed by atoms with Crippen LogP contribution < -0.4 is 0 Å². The van der Waals surface area contributed by atoms with Crippen molar-refractivity contribution in [2.45, 2.75) is 43.4 Å². The minimum absolute atomic E-state index is 0.00470. The molecule has 2 aromatic carbocycles. The van der Waals surface area contributed by atoms with Gasteiger partial charge in [-0.05, 0) is 61.2 Å². The van der Waals surface area contributed by atoms with E-state index in [0.29, 0.717) is 48.2 Å². The Labute approximate surface area is 175 Å². The fourth-order valence-corrected chi connectivity index (χ4v) is 5.19. The first-order valence-electron chi connectivity index (χ1n) is 10.2. The summed E-state index contributed by atoms with van der Waals surface area (Å²) < 4.78 is 46.3. The van der Waals surface area contributed by atoms with E-state index in [1.165, 1.54) is 16.4 Å². The van der Waals surface area contributed by atoms with E-state index < -0.39 is 10.0 Å². The molecule has 3 aromatic rings. The number of hydrogen-bond donors (Lipinski definition) is 0. The van der Waals surface area contributed by atoms with Crippen molar-refractivity contribution in [3.63, 3.8) is 0 Å². The first kappa shape index (κ1) is 20.7. The Morgan fingerprint density at radius 1 is 1.03 bits per heavy atom. The molecule has 0 unspecified atom stereocenters. The number of aryl methyl sites for hydroxylation is 1. The molecule has 0 aliphatic carbocycles. The molecule has 1 aliphatic heterocycles. The molecule has 0 atom stereocenters. The molecule has 0 N–H and O–H groups in total. The van der Waals surface area contributed by atoms with Crippen molar-refractivity contribution in [2.75, 3.05) is 13.1 Å². The number of sulfonamides is 1. The molecule has 0 saturated carbocycles. The average molecular weight is 430 g/mol. The molecule has 0 spiro atoms. The van der Waals surface area contributed by atoms with Gasteiger partial charge in [0.05, 0.1) is 4.90 Å². The lowest BCUT2D eigenvalue weighted by atomic mass is 9.98. The van der Waals surface area contributed by atoms with Gasteiger partial charge in [0.2, 0.25) is 21.8 Å². The summed E-state index contributed by atoms with van der Waals surface area (Å²) in [6.07, 6.45) is 3.18. The van der Waals surface area contributed by atoms with E-state index in [4.69, 9.17) is 4.42 Å². The molecule has 0 bridgehead atoms. The molecule has 1 saturated heterocycles. The van der Waals surface area contributed by atoms with Crippen molar-refractivity contribution in [1.29, 1.82) is 0 Å². The van der Waals surface area contributed by atoms with Gasteiger partial charge in [0.15, 0.2) is 0 Å². The molecule has 1 aliphatic rings.